The molecule has 0 saturated carbocycles. The van der Waals surface area contributed by atoms with Gasteiger partial charge >= 0.3 is 0 Å². The summed E-state index contributed by atoms with van der Waals surface area (Å²) in [5.74, 6) is 0.357. The summed E-state index contributed by atoms with van der Waals surface area (Å²) >= 11 is 0. The molecular formula is C23H25N5O4S. The zero-order valence-corrected chi connectivity index (χ0v) is 19.3. The van der Waals surface area contributed by atoms with Crippen molar-refractivity contribution >= 4 is 32.2 Å². The Balaban J connectivity index is 1.63. The van der Waals surface area contributed by atoms with Gasteiger partial charge in [-0.05, 0) is 56.0 Å². The molecule has 1 fully saturated rings. The van der Waals surface area contributed by atoms with Gasteiger partial charge in [0, 0.05) is 18.5 Å². The molecule has 172 valence electrons. The van der Waals surface area contributed by atoms with Crippen LogP contribution in [0.2, 0.25) is 0 Å². The van der Waals surface area contributed by atoms with E-state index in [0.717, 1.165) is 18.4 Å². The van der Waals surface area contributed by atoms with Gasteiger partial charge in [0.1, 0.15) is 5.39 Å². The summed E-state index contributed by atoms with van der Waals surface area (Å²) in [5.41, 5.74) is 1.07. The molecular weight excluding hydrogens is 442 g/mol. The number of nitrogens with one attached hydrogen (secondary N) is 2. The minimum atomic E-state index is -3.33. The fourth-order valence-electron chi connectivity index (χ4n) is 5.01. The Kier molecular flexibility index (Phi) is 4.88. The van der Waals surface area contributed by atoms with Crippen molar-refractivity contribution in [2.75, 3.05) is 18.5 Å². The number of ether oxygens (including phenoxy) is 1. The number of fused-ring (bicyclic) bond motifs is 2. The lowest BCUT2D eigenvalue weighted by atomic mass is 9.89. The number of nitrogens with zero attached hydrogens (tertiary/aromatic N) is 3. The molecule has 9 nitrogen and oxygen atoms in total. The van der Waals surface area contributed by atoms with E-state index in [1.165, 1.54) is 0 Å². The number of benzene rings is 1. The Hall–Kier alpha value is -3.16. The highest BCUT2D eigenvalue weighted by Gasteiger charge is 2.52. The lowest BCUT2D eigenvalue weighted by molar-refractivity contribution is -0.00174. The maximum Gasteiger partial charge on any atom is 0.261 e. The maximum atomic E-state index is 12.8. The minimum Gasteiger partial charge on any atom is -0.379 e. The summed E-state index contributed by atoms with van der Waals surface area (Å²) in [4.78, 5) is 15.8. The van der Waals surface area contributed by atoms with E-state index in [4.69, 9.17) is 9.84 Å². The SMILES string of the molecule is CCC1(C)c2cc(Nc3nn([C@]4(CC#N)CCCOC4)c4cc[nH]c(=O)c34)ccc2S1(=O)=O. The van der Waals surface area contributed by atoms with Gasteiger partial charge in [0.25, 0.3) is 5.56 Å². The van der Waals surface area contributed by atoms with Crippen LogP contribution < -0.4 is 10.9 Å². The van der Waals surface area contributed by atoms with Gasteiger partial charge in [-0.1, -0.05) is 6.92 Å². The van der Waals surface area contributed by atoms with Gasteiger partial charge in [0.2, 0.25) is 0 Å². The monoisotopic (exact) mass is 467 g/mol. The van der Waals surface area contributed by atoms with Crippen LogP contribution in [0, 0.1) is 11.3 Å². The molecule has 2 aromatic heterocycles. The fraction of sp³-hybridized carbons (Fsp3) is 0.435. The van der Waals surface area contributed by atoms with Gasteiger partial charge in [0.05, 0.1) is 39.8 Å². The quantitative estimate of drug-likeness (QED) is 0.589. The number of H-pyrrole nitrogens is 1. The summed E-state index contributed by atoms with van der Waals surface area (Å²) in [7, 11) is -3.33. The molecule has 2 atom stereocenters. The molecule has 2 aliphatic heterocycles. The first kappa shape index (κ1) is 21.7. The maximum absolute atomic E-state index is 12.8. The summed E-state index contributed by atoms with van der Waals surface area (Å²) in [6.45, 7) is 4.57. The highest BCUT2D eigenvalue weighted by atomic mass is 32.2. The fourth-order valence-corrected chi connectivity index (χ4v) is 7.00. The highest BCUT2D eigenvalue weighted by Crippen LogP contribution is 2.51. The van der Waals surface area contributed by atoms with Crippen LogP contribution in [-0.4, -0.2) is 36.4 Å². The van der Waals surface area contributed by atoms with Crippen molar-refractivity contribution in [2.45, 2.75) is 54.7 Å². The van der Waals surface area contributed by atoms with E-state index in [1.54, 1.807) is 36.0 Å². The molecule has 10 heteroatoms. The first-order valence-electron chi connectivity index (χ1n) is 11.0. The van der Waals surface area contributed by atoms with Crippen molar-refractivity contribution in [3.8, 4) is 6.07 Å². The average molecular weight is 468 g/mol. The molecule has 4 heterocycles. The smallest absolute Gasteiger partial charge is 0.261 e. The highest BCUT2D eigenvalue weighted by molar-refractivity contribution is 7.94. The summed E-state index contributed by atoms with van der Waals surface area (Å²) in [5, 5.41) is 17.9. The van der Waals surface area contributed by atoms with Gasteiger partial charge in [-0.15, -0.1) is 0 Å². The third kappa shape index (κ3) is 2.96. The number of hydrogen-bond donors (Lipinski definition) is 2. The number of sulfone groups is 1. The van der Waals surface area contributed by atoms with E-state index in [-0.39, 0.29) is 12.0 Å². The molecule has 3 aromatic rings. The zero-order valence-electron chi connectivity index (χ0n) is 18.5. The molecule has 0 amide bonds. The second-order valence-electron chi connectivity index (χ2n) is 8.97. The van der Waals surface area contributed by atoms with E-state index in [1.807, 2.05) is 13.0 Å². The largest absolute Gasteiger partial charge is 0.379 e. The van der Waals surface area contributed by atoms with E-state index >= 15 is 0 Å². The van der Waals surface area contributed by atoms with Crippen molar-refractivity contribution in [1.82, 2.24) is 14.8 Å². The van der Waals surface area contributed by atoms with Crippen molar-refractivity contribution in [3.05, 3.63) is 46.4 Å². The predicted octanol–water partition coefficient (Wildman–Crippen LogP) is 3.30. The molecule has 5 rings (SSSR count). The molecule has 2 aliphatic rings. The van der Waals surface area contributed by atoms with Crippen LogP contribution in [0.5, 0.6) is 0 Å². The number of aromatic amines is 1. The Labute approximate surface area is 191 Å². The molecule has 2 N–H and O–H groups in total. The minimum absolute atomic E-state index is 0.210. The van der Waals surface area contributed by atoms with E-state index < -0.39 is 20.1 Å². The third-order valence-corrected chi connectivity index (χ3v) is 9.76. The normalized spacial score (nSPS) is 25.7. The Morgan fingerprint density at radius 3 is 2.88 bits per heavy atom. The Morgan fingerprint density at radius 1 is 1.36 bits per heavy atom. The first-order valence-corrected chi connectivity index (χ1v) is 12.5. The van der Waals surface area contributed by atoms with Gasteiger partial charge in [0.15, 0.2) is 15.7 Å². The first-order chi connectivity index (χ1) is 15.8. The average Bonchev–Trinajstić information content (AvgIpc) is 3.19. The summed E-state index contributed by atoms with van der Waals surface area (Å²) < 4.78 is 31.8. The molecule has 33 heavy (non-hydrogen) atoms. The van der Waals surface area contributed by atoms with Crippen LogP contribution in [0.3, 0.4) is 0 Å². The lowest BCUT2D eigenvalue weighted by Crippen LogP contribution is -2.42. The van der Waals surface area contributed by atoms with Gasteiger partial charge in [-0.3, -0.25) is 9.48 Å². The third-order valence-electron chi connectivity index (χ3n) is 7.13. The van der Waals surface area contributed by atoms with Crippen LogP contribution in [0.1, 0.15) is 45.1 Å². The topological polar surface area (TPSA) is 130 Å². The number of nitriles is 1. The Bertz CT molecular complexity index is 1460. The van der Waals surface area contributed by atoms with Gasteiger partial charge < -0.3 is 15.0 Å². The molecule has 0 radical (unpaired) electrons. The van der Waals surface area contributed by atoms with Crippen LogP contribution in [-0.2, 0) is 24.9 Å². The molecule has 0 aliphatic carbocycles. The van der Waals surface area contributed by atoms with Crippen molar-refractivity contribution in [2.24, 2.45) is 0 Å². The molecule has 0 spiro atoms. The van der Waals surface area contributed by atoms with Gasteiger partial charge in [-0.25, -0.2) is 8.42 Å². The van der Waals surface area contributed by atoms with Crippen molar-refractivity contribution in [1.29, 1.82) is 5.26 Å². The standard InChI is InChI=1S/C23H25N5O4S/c1-3-22(2)16-13-15(5-6-18(16)33(22,30)31)26-20-19-17(7-11-25-21(19)29)28(27-20)23(9-10-24)8-4-12-32-14-23/h5-7,11,13H,3-4,8-9,12,14H2,1-2H3,(H,25,29)(H,26,27)/t22?,23-/m0/s1. The lowest BCUT2D eigenvalue weighted by Gasteiger charge is -2.39. The van der Waals surface area contributed by atoms with Gasteiger partial charge in [-0.2, -0.15) is 10.4 Å². The second kappa shape index (κ2) is 7.43. The number of pyridine rings is 1. The summed E-state index contributed by atoms with van der Waals surface area (Å²) in [6.07, 6.45) is 3.76. The number of rotatable bonds is 5. The molecule has 0 bridgehead atoms. The zero-order chi connectivity index (χ0) is 23.4. The Morgan fingerprint density at radius 2 is 2.18 bits per heavy atom. The van der Waals surface area contributed by atoms with Crippen molar-refractivity contribution < 1.29 is 13.2 Å². The van der Waals surface area contributed by atoms with E-state index in [9.17, 15) is 18.5 Å². The summed E-state index contributed by atoms with van der Waals surface area (Å²) in [6, 6.07) is 9.13. The van der Waals surface area contributed by atoms with Crippen LogP contribution in [0.15, 0.2) is 40.2 Å². The predicted molar refractivity (Wildman–Crippen MR) is 123 cm³/mol. The molecule has 1 unspecified atom stereocenters. The van der Waals surface area contributed by atoms with Crippen LogP contribution >= 0.6 is 0 Å². The van der Waals surface area contributed by atoms with Crippen LogP contribution in [0.4, 0.5) is 11.5 Å². The van der Waals surface area contributed by atoms with Crippen LogP contribution in [0.25, 0.3) is 10.9 Å². The van der Waals surface area contributed by atoms with Crippen molar-refractivity contribution in [3.63, 3.8) is 0 Å². The molecule has 1 aromatic carbocycles. The number of hydrogen-bond acceptors (Lipinski definition) is 7. The molecule has 1 saturated heterocycles. The van der Waals surface area contributed by atoms with E-state index in [2.05, 4.69) is 16.4 Å². The number of anilines is 2. The second-order valence-corrected chi connectivity index (χ2v) is 11.3. The number of aromatic nitrogens is 3. The van der Waals surface area contributed by atoms with E-state index in [0.29, 0.717) is 46.9 Å².